The molecule has 6 aromatic carbocycles. The summed E-state index contributed by atoms with van der Waals surface area (Å²) >= 11 is -3.96. The van der Waals surface area contributed by atoms with E-state index in [0.717, 1.165) is 0 Å². The zero-order valence-electron chi connectivity index (χ0n) is 26.2. The third-order valence-electron chi connectivity index (χ3n) is 6.82. The van der Waals surface area contributed by atoms with E-state index in [1.54, 1.807) is 6.42 Å². The molecule has 0 amide bonds. The SMILES string of the molecule is [C-]#[O+].[C-]#[O+].[C-]1[CH][C-][CH][CH]1.[Co].c1cc[c]([Sn+]([c]2ccccc2)[c]2ccccc2)cc1.c1cc[c]([Sn+]([c]2ccccc2)[c]2ccccc2)cc1. The molecule has 6 aromatic rings. The maximum atomic E-state index is 7.50. The van der Waals surface area contributed by atoms with Gasteiger partial charge in [-0.05, 0) is 0 Å². The summed E-state index contributed by atoms with van der Waals surface area (Å²) in [4.78, 5) is 0. The fraction of sp³-hybridized carbons (Fsp3) is 0. The van der Waals surface area contributed by atoms with E-state index < -0.39 is 39.5 Å². The Balaban J connectivity index is 0.000000263. The predicted molar refractivity (Wildman–Crippen MR) is 195 cm³/mol. The second-order valence-corrected chi connectivity index (χ2v) is 23.9. The molecule has 0 spiro atoms. The van der Waals surface area contributed by atoms with E-state index in [0.29, 0.717) is 0 Å². The van der Waals surface area contributed by atoms with Crippen molar-refractivity contribution in [3.63, 3.8) is 0 Å². The van der Waals surface area contributed by atoms with E-state index in [9.17, 15) is 0 Å². The molecule has 0 atom stereocenters. The van der Waals surface area contributed by atoms with Gasteiger partial charge in [0.1, 0.15) is 0 Å². The van der Waals surface area contributed by atoms with Crippen LogP contribution in [0.1, 0.15) is 0 Å². The van der Waals surface area contributed by atoms with Crippen molar-refractivity contribution in [3.8, 4) is 0 Å². The Kier molecular flexibility index (Phi) is 22.1. The van der Waals surface area contributed by atoms with Crippen molar-refractivity contribution < 1.29 is 26.1 Å². The second kappa shape index (κ2) is 25.9. The molecule has 48 heavy (non-hydrogen) atoms. The molecule has 0 heterocycles. The van der Waals surface area contributed by atoms with Crippen LogP contribution in [0.3, 0.4) is 0 Å². The number of rotatable bonds is 6. The van der Waals surface area contributed by atoms with Crippen LogP contribution in [0.2, 0.25) is 0 Å². The molecule has 0 aliphatic heterocycles. The Hall–Kier alpha value is -3.10. The van der Waals surface area contributed by atoms with Crippen LogP contribution < -0.4 is 21.5 Å². The Morgan fingerprint density at radius 2 is 0.479 bits per heavy atom. The molecule has 234 valence electrons. The van der Waals surface area contributed by atoms with Crippen LogP contribution in [0.4, 0.5) is 0 Å². The first-order valence-corrected chi connectivity index (χ1v) is 23.4. The van der Waals surface area contributed by atoms with Crippen LogP contribution in [0, 0.1) is 45.4 Å². The maximum absolute atomic E-state index is 7.50. The number of hydrogen-bond acceptors (Lipinski definition) is 0. The molecule has 1 aliphatic rings. The van der Waals surface area contributed by atoms with Gasteiger partial charge in [-0.3, -0.25) is 12.8 Å². The molecule has 1 aliphatic carbocycles. The second-order valence-electron chi connectivity index (χ2n) is 9.76. The van der Waals surface area contributed by atoms with E-state index >= 15 is 0 Å². The Bertz CT molecular complexity index is 1340. The molecular formula is C43H33CoO2Sn2. The van der Waals surface area contributed by atoms with Crippen molar-refractivity contribution >= 4 is 61.0 Å². The van der Waals surface area contributed by atoms with Gasteiger partial charge < -0.3 is 19.3 Å². The van der Waals surface area contributed by atoms with Gasteiger partial charge in [0.2, 0.25) is 0 Å². The Labute approximate surface area is 311 Å². The molecule has 0 N–H and O–H groups in total. The average Bonchev–Trinajstić information content (AvgIpc) is 3.78. The van der Waals surface area contributed by atoms with Crippen LogP contribution >= 0.6 is 0 Å². The van der Waals surface area contributed by atoms with Crippen molar-refractivity contribution in [2.24, 2.45) is 0 Å². The van der Waals surface area contributed by atoms with E-state index in [-0.39, 0.29) is 16.8 Å². The predicted octanol–water partition coefficient (Wildman–Crippen LogP) is 5.10. The summed E-state index contributed by atoms with van der Waals surface area (Å²) in [5.41, 5.74) is 0. The number of benzene rings is 6. The molecule has 1 fully saturated rings. The first kappa shape index (κ1) is 41.1. The van der Waals surface area contributed by atoms with Crippen molar-refractivity contribution in [3.05, 3.63) is 227 Å². The zero-order valence-corrected chi connectivity index (χ0v) is 33.0. The van der Waals surface area contributed by atoms with E-state index in [4.69, 9.17) is 9.30 Å². The molecular weight excluding hydrogens is 845 g/mol. The van der Waals surface area contributed by atoms with Gasteiger partial charge in [0, 0.05) is 16.8 Å². The molecule has 1 saturated carbocycles. The Morgan fingerprint density at radius 1 is 0.312 bits per heavy atom. The molecule has 6 radical (unpaired) electrons. The molecule has 0 aromatic heterocycles. The van der Waals surface area contributed by atoms with Crippen molar-refractivity contribution in [2.75, 3.05) is 0 Å². The zero-order chi connectivity index (χ0) is 33.4. The van der Waals surface area contributed by atoms with E-state index in [1.807, 2.05) is 12.8 Å². The third-order valence-corrected chi connectivity index (χ3v) is 22.4. The molecule has 7 rings (SSSR count). The van der Waals surface area contributed by atoms with Gasteiger partial charge in [-0.15, -0.1) is 0 Å². The fourth-order valence-corrected chi connectivity index (χ4v) is 19.6. The van der Waals surface area contributed by atoms with Crippen LogP contribution in [0.25, 0.3) is 0 Å². The standard InChI is InChI=1S/6C6H5.C5H3.2CO.Co.2Sn/c6*1-2-4-6-5-3-1;1-2-4-5-3-1;2*1-2;;;/h6*1-5H;1-2,5H;;;;;/q;;;;;;-2;;;;2*+1. The fourth-order valence-electron chi connectivity index (χ4n) is 4.87. The first-order valence-electron chi connectivity index (χ1n) is 14.9. The topological polar surface area (TPSA) is 39.8 Å². The number of hydrogen-bond donors (Lipinski definition) is 0. The molecule has 0 saturated heterocycles. The van der Waals surface area contributed by atoms with Crippen molar-refractivity contribution in [2.45, 2.75) is 0 Å². The van der Waals surface area contributed by atoms with Gasteiger partial charge in [-0.2, -0.15) is 0 Å². The summed E-state index contributed by atoms with van der Waals surface area (Å²) in [5, 5.41) is 0. The minimum absolute atomic E-state index is 0. The van der Waals surface area contributed by atoms with Gasteiger partial charge in [-0.1, -0.05) is 0 Å². The monoisotopic (exact) mass is 880 g/mol. The van der Waals surface area contributed by atoms with Gasteiger partial charge >= 0.3 is 266 Å². The van der Waals surface area contributed by atoms with Gasteiger partial charge in [0.15, 0.2) is 0 Å². The van der Waals surface area contributed by atoms with Crippen molar-refractivity contribution in [1.82, 2.24) is 0 Å². The summed E-state index contributed by atoms with van der Waals surface area (Å²) < 4.78 is 24.2. The molecule has 5 heteroatoms. The quantitative estimate of drug-likeness (QED) is 0.127. The summed E-state index contributed by atoms with van der Waals surface area (Å²) in [6.45, 7) is 9.00. The van der Waals surface area contributed by atoms with E-state index in [2.05, 4.69) is 208 Å². The summed E-state index contributed by atoms with van der Waals surface area (Å²) in [7, 11) is 0. The van der Waals surface area contributed by atoms with Crippen LogP contribution in [0.15, 0.2) is 182 Å². The van der Waals surface area contributed by atoms with Gasteiger partial charge in [0.25, 0.3) is 0 Å². The third kappa shape index (κ3) is 13.8. The Morgan fingerprint density at radius 3 is 0.604 bits per heavy atom. The van der Waals surface area contributed by atoms with Gasteiger partial charge in [0.05, 0.1) is 0 Å². The van der Waals surface area contributed by atoms with Crippen LogP contribution in [0.5, 0.6) is 0 Å². The summed E-state index contributed by atoms with van der Waals surface area (Å²) in [5.74, 6) is 0. The van der Waals surface area contributed by atoms with E-state index in [1.165, 1.54) is 21.5 Å². The normalized spacial score (nSPS) is 10.6. The average molecular weight is 878 g/mol. The van der Waals surface area contributed by atoms with Crippen LogP contribution in [-0.2, 0) is 26.1 Å². The van der Waals surface area contributed by atoms with Crippen LogP contribution in [-0.4, -0.2) is 39.5 Å². The summed E-state index contributed by atoms with van der Waals surface area (Å²) in [6.07, 6.45) is 11.0. The molecule has 2 nitrogen and oxygen atoms in total. The molecule has 0 bridgehead atoms. The minimum atomic E-state index is -1.98. The van der Waals surface area contributed by atoms with Gasteiger partial charge in [-0.25, -0.2) is 0 Å². The summed E-state index contributed by atoms with van der Waals surface area (Å²) in [6, 6.07) is 65.9. The van der Waals surface area contributed by atoms with Crippen molar-refractivity contribution in [1.29, 1.82) is 0 Å². The first-order chi connectivity index (χ1) is 23.4. The molecule has 0 unspecified atom stereocenters.